The van der Waals surface area contributed by atoms with Crippen LogP contribution in [0.4, 0.5) is 4.79 Å². The lowest BCUT2D eigenvalue weighted by Gasteiger charge is -2.43. The molecular weight excluding hydrogens is 461 g/mol. The van der Waals surface area contributed by atoms with Crippen molar-refractivity contribution in [1.29, 1.82) is 0 Å². The van der Waals surface area contributed by atoms with Gasteiger partial charge in [0.25, 0.3) is 0 Å². The number of likely N-dealkylation sites (tertiary alicyclic amines) is 1. The summed E-state index contributed by atoms with van der Waals surface area (Å²) in [6.45, 7) is 6.51. The summed E-state index contributed by atoms with van der Waals surface area (Å²) in [5, 5.41) is 6.53. The molecule has 3 rings (SSSR count). The van der Waals surface area contributed by atoms with Crippen LogP contribution >= 0.6 is 34.4 Å². The molecule has 0 aromatic carbocycles. The van der Waals surface area contributed by atoms with E-state index in [1.807, 2.05) is 11.8 Å². The van der Waals surface area contributed by atoms with Gasteiger partial charge >= 0.3 is 6.03 Å². The van der Waals surface area contributed by atoms with E-state index in [9.17, 15) is 9.59 Å². The van der Waals surface area contributed by atoms with Gasteiger partial charge in [-0.3, -0.25) is 4.79 Å². The number of unbranched alkanes of at least 4 members (excludes halogenated alkanes) is 1. The highest BCUT2D eigenvalue weighted by atomic mass is 127. The first kappa shape index (κ1) is 20.6. The first-order valence-electron chi connectivity index (χ1n) is 9.97. The largest absolute Gasteiger partial charge is 0.343 e. The summed E-state index contributed by atoms with van der Waals surface area (Å²) in [5.41, 5.74) is 0.424. The maximum Gasteiger partial charge on any atom is 0.315 e. The highest BCUT2D eigenvalue weighted by Crippen LogP contribution is 2.40. The Kier molecular flexibility index (Phi) is 7.02. The van der Waals surface area contributed by atoms with Crippen LogP contribution in [0, 0.1) is 11.3 Å². The van der Waals surface area contributed by atoms with Gasteiger partial charge in [-0.2, -0.15) is 11.8 Å². The van der Waals surface area contributed by atoms with Gasteiger partial charge in [-0.05, 0) is 37.0 Å². The number of nitrogens with one attached hydrogen (secondary N) is 2. The number of piperidine rings is 1. The van der Waals surface area contributed by atoms with Gasteiger partial charge in [0.15, 0.2) is 0 Å². The molecule has 3 atom stereocenters. The number of amides is 3. The number of carbonyl (C=O) groups is 2. The van der Waals surface area contributed by atoms with Crippen molar-refractivity contribution < 1.29 is 9.59 Å². The van der Waals surface area contributed by atoms with Gasteiger partial charge in [-0.15, -0.1) is 0 Å². The topological polar surface area (TPSA) is 61.4 Å². The number of carbonyl (C=O) groups excluding carboxylic acids is 2. The monoisotopic (exact) mass is 493 g/mol. The molecule has 5 nitrogen and oxygen atoms in total. The first-order chi connectivity index (χ1) is 12.4. The number of alkyl halides is 1. The highest BCUT2D eigenvalue weighted by Gasteiger charge is 2.42. The molecular formula is C19H32IN3O2S. The Bertz CT molecular complexity index is 523. The maximum absolute atomic E-state index is 12.5. The molecule has 3 aliphatic rings. The predicted octanol–water partition coefficient (Wildman–Crippen LogP) is 3.41. The molecule has 148 valence electrons. The minimum atomic E-state index is -0.0189. The molecule has 0 bridgehead atoms. The number of thioether (sulfide) groups is 1. The Labute approximate surface area is 175 Å². The van der Waals surface area contributed by atoms with Crippen molar-refractivity contribution in [2.45, 2.75) is 69.7 Å². The van der Waals surface area contributed by atoms with Crippen molar-refractivity contribution in [2.75, 3.05) is 23.3 Å². The lowest BCUT2D eigenvalue weighted by Crippen LogP contribution is -2.46. The van der Waals surface area contributed by atoms with Crippen LogP contribution in [0.25, 0.3) is 0 Å². The second-order valence-electron chi connectivity index (χ2n) is 8.40. The van der Waals surface area contributed by atoms with Crippen LogP contribution in [0.3, 0.4) is 0 Å². The Hall–Kier alpha value is -0.180. The Morgan fingerprint density at radius 1 is 1.31 bits per heavy atom. The van der Waals surface area contributed by atoms with Crippen molar-refractivity contribution in [1.82, 2.24) is 15.5 Å². The molecule has 0 radical (unpaired) electrons. The Morgan fingerprint density at radius 2 is 2.04 bits per heavy atom. The van der Waals surface area contributed by atoms with Crippen LogP contribution in [0.2, 0.25) is 0 Å². The van der Waals surface area contributed by atoms with E-state index in [0.717, 1.165) is 50.9 Å². The summed E-state index contributed by atoms with van der Waals surface area (Å²) in [6.07, 6.45) is 6.09. The van der Waals surface area contributed by atoms with Gasteiger partial charge < -0.3 is 15.5 Å². The molecule has 0 spiro atoms. The zero-order valence-electron chi connectivity index (χ0n) is 15.9. The summed E-state index contributed by atoms with van der Waals surface area (Å²) < 4.78 is 1.19. The molecule has 3 heterocycles. The SMILES string of the molecule is CC(C)C1(CI)CCN(C(=O)CCCCC2SC[C@H]3NC(=O)N[C@@H]23)CC1. The van der Waals surface area contributed by atoms with Crippen LogP contribution in [0.1, 0.15) is 52.4 Å². The van der Waals surface area contributed by atoms with E-state index in [-0.39, 0.29) is 12.1 Å². The Morgan fingerprint density at radius 3 is 2.69 bits per heavy atom. The fourth-order valence-electron chi connectivity index (χ4n) is 4.49. The van der Waals surface area contributed by atoms with Crippen LogP contribution in [0.5, 0.6) is 0 Å². The van der Waals surface area contributed by atoms with Crippen molar-refractivity contribution in [2.24, 2.45) is 11.3 Å². The number of rotatable bonds is 7. The number of hydrogen-bond acceptors (Lipinski definition) is 3. The van der Waals surface area contributed by atoms with E-state index in [0.29, 0.717) is 35.0 Å². The molecule has 3 aliphatic heterocycles. The summed E-state index contributed by atoms with van der Waals surface area (Å²) in [5.74, 6) is 2.04. The molecule has 7 heteroatoms. The molecule has 3 saturated heterocycles. The maximum atomic E-state index is 12.5. The molecule has 26 heavy (non-hydrogen) atoms. The average Bonchev–Trinajstić information content (AvgIpc) is 3.17. The number of nitrogens with zero attached hydrogens (tertiary/aromatic N) is 1. The van der Waals surface area contributed by atoms with Crippen molar-refractivity contribution in [3.63, 3.8) is 0 Å². The van der Waals surface area contributed by atoms with Crippen molar-refractivity contribution >= 4 is 46.3 Å². The van der Waals surface area contributed by atoms with E-state index in [1.54, 1.807) is 0 Å². The molecule has 0 aromatic heterocycles. The van der Waals surface area contributed by atoms with Crippen LogP contribution in [-0.2, 0) is 4.79 Å². The van der Waals surface area contributed by atoms with E-state index in [1.165, 1.54) is 4.43 Å². The number of halogens is 1. The van der Waals surface area contributed by atoms with E-state index < -0.39 is 0 Å². The molecule has 0 aromatic rings. The highest BCUT2D eigenvalue weighted by molar-refractivity contribution is 14.1. The van der Waals surface area contributed by atoms with Crippen LogP contribution in [0.15, 0.2) is 0 Å². The first-order valence-corrected chi connectivity index (χ1v) is 12.5. The smallest absolute Gasteiger partial charge is 0.315 e. The van der Waals surface area contributed by atoms with Crippen molar-refractivity contribution in [3.8, 4) is 0 Å². The quantitative estimate of drug-likeness (QED) is 0.247. The standard InChI is InChI=1S/C19H32IN3O2S/c1-13(2)19(12-20)7-9-23(10-8-19)16(24)6-4-3-5-15-17-14(11-26-15)21-18(25)22-17/h13-15,17H,3-12H2,1-2H3,(H2,21,22,25)/t14-,15?,17-/m1/s1. The van der Waals surface area contributed by atoms with Crippen molar-refractivity contribution in [3.05, 3.63) is 0 Å². The summed E-state index contributed by atoms with van der Waals surface area (Å²) in [6, 6.07) is 0.559. The van der Waals surface area contributed by atoms with Gasteiger partial charge in [0.2, 0.25) is 5.91 Å². The fourth-order valence-corrected chi connectivity index (χ4v) is 7.68. The predicted molar refractivity (Wildman–Crippen MR) is 116 cm³/mol. The van der Waals surface area contributed by atoms with E-state index in [4.69, 9.17) is 0 Å². The molecule has 0 aliphatic carbocycles. The second-order valence-corrected chi connectivity index (χ2v) is 10.4. The van der Waals surface area contributed by atoms with Crippen LogP contribution in [-0.4, -0.2) is 57.4 Å². The summed E-state index contributed by atoms with van der Waals surface area (Å²) in [7, 11) is 0. The average molecular weight is 493 g/mol. The molecule has 0 saturated carbocycles. The number of urea groups is 1. The van der Waals surface area contributed by atoms with E-state index >= 15 is 0 Å². The summed E-state index contributed by atoms with van der Waals surface area (Å²) in [4.78, 5) is 26.1. The van der Waals surface area contributed by atoms with Gasteiger partial charge in [0, 0.05) is 34.9 Å². The summed E-state index contributed by atoms with van der Waals surface area (Å²) >= 11 is 4.48. The molecule has 3 amide bonds. The van der Waals surface area contributed by atoms with Gasteiger partial charge in [-0.1, -0.05) is 42.9 Å². The Balaban J connectivity index is 1.34. The molecule has 1 unspecified atom stereocenters. The third-order valence-electron chi connectivity index (χ3n) is 6.67. The minimum absolute atomic E-state index is 0.0189. The second kappa shape index (κ2) is 8.88. The van der Waals surface area contributed by atoms with Gasteiger partial charge in [0.1, 0.15) is 0 Å². The zero-order valence-corrected chi connectivity index (χ0v) is 18.9. The third kappa shape index (κ3) is 4.45. The van der Waals surface area contributed by atoms with Crippen LogP contribution < -0.4 is 10.6 Å². The van der Waals surface area contributed by atoms with E-state index in [2.05, 4.69) is 52.0 Å². The fraction of sp³-hybridized carbons (Fsp3) is 0.895. The number of hydrogen-bond donors (Lipinski definition) is 2. The third-order valence-corrected chi connectivity index (χ3v) is 9.70. The normalized spacial score (nSPS) is 30.2. The number of fused-ring (bicyclic) bond motifs is 1. The minimum Gasteiger partial charge on any atom is -0.343 e. The molecule has 3 fully saturated rings. The zero-order chi connectivity index (χ0) is 18.7. The van der Waals surface area contributed by atoms with Gasteiger partial charge in [-0.25, -0.2) is 4.79 Å². The molecule has 2 N–H and O–H groups in total. The lowest BCUT2D eigenvalue weighted by atomic mass is 9.72. The lowest BCUT2D eigenvalue weighted by molar-refractivity contribution is -0.133. The van der Waals surface area contributed by atoms with Gasteiger partial charge in [0.05, 0.1) is 12.1 Å².